The van der Waals surface area contributed by atoms with Crippen molar-refractivity contribution in [2.75, 3.05) is 12.5 Å². The maximum absolute atomic E-state index is 5.78. The van der Waals surface area contributed by atoms with E-state index in [1.165, 1.54) is 7.11 Å². The molecule has 1 rings (SSSR count). The highest BCUT2D eigenvalue weighted by molar-refractivity contribution is 6.34. The van der Waals surface area contributed by atoms with Crippen molar-refractivity contribution in [3.8, 4) is 5.75 Å². The fourth-order valence-electron chi connectivity index (χ4n) is 0.684. The Balaban J connectivity index is 3.10. The molecule has 0 radical (unpaired) electrons. The summed E-state index contributed by atoms with van der Waals surface area (Å²) in [4.78, 5) is 3.86. The normalized spacial score (nSPS) is 9.36. The minimum Gasteiger partial charge on any atom is -0.495 e. The van der Waals surface area contributed by atoms with Gasteiger partial charge in [0.1, 0.15) is 10.8 Å². The molecule has 0 aromatic carbocycles. The van der Waals surface area contributed by atoms with Crippen LogP contribution < -0.4 is 16.0 Å². The third-order valence-electron chi connectivity index (χ3n) is 1.21. The minimum atomic E-state index is 0.387. The molecule has 0 unspecified atom stereocenters. The van der Waals surface area contributed by atoms with Crippen LogP contribution in [-0.2, 0) is 0 Å². The molecule has 5 heteroatoms. The Hall–Kier alpha value is -1.00. The van der Waals surface area contributed by atoms with E-state index in [0.29, 0.717) is 16.6 Å². The number of pyridine rings is 1. The summed E-state index contributed by atoms with van der Waals surface area (Å²) in [5.41, 5.74) is 2.35. The molecule has 11 heavy (non-hydrogen) atoms. The summed E-state index contributed by atoms with van der Waals surface area (Å²) < 4.78 is 4.92. The molecule has 0 spiro atoms. The Morgan fingerprint density at radius 3 is 3.00 bits per heavy atom. The minimum absolute atomic E-state index is 0.387. The summed E-state index contributed by atoms with van der Waals surface area (Å²) in [6.07, 6.45) is 1.56. The predicted octanol–water partition coefficient (Wildman–Crippen LogP) is 1.03. The molecule has 0 fully saturated rings. The molecule has 1 aromatic heterocycles. The molecule has 0 amide bonds. The first-order chi connectivity index (χ1) is 5.29. The maximum Gasteiger partial charge on any atom is 0.162 e. The van der Waals surface area contributed by atoms with Crippen LogP contribution in [0.5, 0.6) is 5.75 Å². The number of methoxy groups -OCH3 is 1. The summed E-state index contributed by atoms with van der Waals surface area (Å²) in [6.45, 7) is 0. The van der Waals surface area contributed by atoms with Gasteiger partial charge in [-0.3, -0.25) is 0 Å². The monoisotopic (exact) mass is 173 g/mol. The highest BCUT2D eigenvalue weighted by Crippen LogP contribution is 2.28. The molecule has 0 aliphatic carbocycles. The van der Waals surface area contributed by atoms with E-state index in [1.54, 1.807) is 12.3 Å². The highest BCUT2D eigenvalue weighted by Gasteiger charge is 2.04. The van der Waals surface area contributed by atoms with Gasteiger partial charge in [-0.2, -0.15) is 0 Å². The van der Waals surface area contributed by atoms with Crippen molar-refractivity contribution in [2.45, 2.75) is 0 Å². The van der Waals surface area contributed by atoms with Crippen molar-refractivity contribution in [1.82, 2.24) is 4.98 Å². The lowest BCUT2D eigenvalue weighted by atomic mass is 10.4. The Bertz CT molecular complexity index is 231. The predicted molar refractivity (Wildman–Crippen MR) is 43.6 cm³/mol. The zero-order chi connectivity index (χ0) is 8.27. The molecule has 1 heterocycles. The second-order valence-electron chi connectivity index (χ2n) is 1.82. The van der Waals surface area contributed by atoms with E-state index in [-0.39, 0.29) is 0 Å². The Morgan fingerprint density at radius 1 is 1.73 bits per heavy atom. The zero-order valence-electron chi connectivity index (χ0n) is 5.97. The highest BCUT2D eigenvalue weighted by atomic mass is 35.5. The second-order valence-corrected chi connectivity index (χ2v) is 2.20. The standard InChI is InChI=1S/C6H8ClN3O/c1-11-4-2-3-9-6(10-8)5(4)7/h2-3H,8H2,1H3,(H,9,10). The molecule has 0 aliphatic rings. The zero-order valence-corrected chi connectivity index (χ0v) is 6.72. The van der Waals surface area contributed by atoms with Crippen LogP contribution in [0.25, 0.3) is 0 Å². The number of aromatic nitrogens is 1. The van der Waals surface area contributed by atoms with Crippen molar-refractivity contribution in [2.24, 2.45) is 5.84 Å². The SMILES string of the molecule is COc1ccnc(NN)c1Cl. The lowest BCUT2D eigenvalue weighted by Gasteiger charge is -2.05. The molecular weight excluding hydrogens is 166 g/mol. The fourth-order valence-corrected chi connectivity index (χ4v) is 0.928. The van der Waals surface area contributed by atoms with Crippen molar-refractivity contribution in [1.29, 1.82) is 0 Å². The van der Waals surface area contributed by atoms with Crippen LogP contribution in [0, 0.1) is 0 Å². The van der Waals surface area contributed by atoms with Gasteiger partial charge in [-0.25, -0.2) is 10.8 Å². The van der Waals surface area contributed by atoms with E-state index in [1.807, 2.05) is 0 Å². The number of hydrazine groups is 1. The summed E-state index contributed by atoms with van der Waals surface area (Å²) in [7, 11) is 1.53. The molecule has 0 saturated heterocycles. The summed E-state index contributed by atoms with van der Waals surface area (Å²) in [5.74, 6) is 6.08. The van der Waals surface area contributed by atoms with E-state index >= 15 is 0 Å². The van der Waals surface area contributed by atoms with Crippen LogP contribution in [0.1, 0.15) is 0 Å². The lowest BCUT2D eigenvalue weighted by molar-refractivity contribution is 0.414. The number of ether oxygens (including phenoxy) is 1. The van der Waals surface area contributed by atoms with Crippen molar-refractivity contribution in [3.05, 3.63) is 17.3 Å². The van der Waals surface area contributed by atoms with E-state index in [9.17, 15) is 0 Å². The van der Waals surface area contributed by atoms with Gasteiger partial charge in [0.25, 0.3) is 0 Å². The number of nitrogens with one attached hydrogen (secondary N) is 1. The van der Waals surface area contributed by atoms with Crippen LogP contribution in [0.15, 0.2) is 12.3 Å². The van der Waals surface area contributed by atoms with E-state index in [2.05, 4.69) is 10.4 Å². The fraction of sp³-hybridized carbons (Fsp3) is 0.167. The van der Waals surface area contributed by atoms with Gasteiger partial charge in [0.15, 0.2) is 5.82 Å². The number of nitrogen functional groups attached to an aromatic ring is 1. The average Bonchev–Trinajstić information content (AvgIpc) is 2.05. The molecule has 0 saturated carbocycles. The first-order valence-electron chi connectivity index (χ1n) is 2.94. The van der Waals surface area contributed by atoms with Crippen LogP contribution in [0.2, 0.25) is 5.02 Å². The molecular formula is C6H8ClN3O. The number of rotatable bonds is 2. The first-order valence-corrected chi connectivity index (χ1v) is 3.32. The number of halogens is 1. The molecule has 60 valence electrons. The maximum atomic E-state index is 5.78. The largest absolute Gasteiger partial charge is 0.495 e. The van der Waals surface area contributed by atoms with Gasteiger partial charge in [0.2, 0.25) is 0 Å². The molecule has 0 bridgehead atoms. The van der Waals surface area contributed by atoms with Gasteiger partial charge in [0, 0.05) is 12.3 Å². The van der Waals surface area contributed by atoms with Crippen LogP contribution in [0.4, 0.5) is 5.82 Å². The Kier molecular flexibility index (Phi) is 2.51. The summed E-state index contributed by atoms with van der Waals surface area (Å²) >= 11 is 5.78. The van der Waals surface area contributed by atoms with Gasteiger partial charge in [-0.15, -0.1) is 0 Å². The number of nitrogens with two attached hydrogens (primary N) is 1. The van der Waals surface area contributed by atoms with Gasteiger partial charge >= 0.3 is 0 Å². The van der Waals surface area contributed by atoms with Crippen LogP contribution in [0.3, 0.4) is 0 Å². The second kappa shape index (κ2) is 3.41. The summed E-state index contributed by atoms with van der Waals surface area (Å²) in [5, 5.41) is 0.387. The van der Waals surface area contributed by atoms with E-state index < -0.39 is 0 Å². The number of hydrogen-bond acceptors (Lipinski definition) is 4. The molecule has 0 atom stereocenters. The number of anilines is 1. The van der Waals surface area contributed by atoms with Crippen molar-refractivity contribution >= 4 is 17.4 Å². The third-order valence-corrected chi connectivity index (χ3v) is 1.58. The van der Waals surface area contributed by atoms with E-state index in [4.69, 9.17) is 22.2 Å². The topological polar surface area (TPSA) is 60.2 Å². The van der Waals surface area contributed by atoms with Gasteiger partial charge in [0.05, 0.1) is 7.11 Å². The third kappa shape index (κ3) is 1.53. The van der Waals surface area contributed by atoms with Gasteiger partial charge in [-0.1, -0.05) is 11.6 Å². The summed E-state index contributed by atoms with van der Waals surface area (Å²) in [6, 6.07) is 1.66. The number of hydrogen-bond donors (Lipinski definition) is 2. The van der Waals surface area contributed by atoms with E-state index in [0.717, 1.165) is 0 Å². The molecule has 3 N–H and O–H groups in total. The molecule has 4 nitrogen and oxygen atoms in total. The quantitative estimate of drug-likeness (QED) is 0.518. The average molecular weight is 174 g/mol. The van der Waals surface area contributed by atoms with Crippen LogP contribution >= 0.6 is 11.6 Å². The molecule has 1 aromatic rings. The van der Waals surface area contributed by atoms with Crippen molar-refractivity contribution < 1.29 is 4.74 Å². The van der Waals surface area contributed by atoms with Gasteiger partial charge < -0.3 is 10.2 Å². The first kappa shape index (κ1) is 8.10. The van der Waals surface area contributed by atoms with Gasteiger partial charge in [-0.05, 0) is 0 Å². The lowest BCUT2D eigenvalue weighted by Crippen LogP contribution is -2.09. The molecule has 0 aliphatic heterocycles. The Morgan fingerprint density at radius 2 is 2.45 bits per heavy atom. The van der Waals surface area contributed by atoms with Crippen LogP contribution in [-0.4, -0.2) is 12.1 Å². The Labute approximate surface area is 69.3 Å². The smallest absolute Gasteiger partial charge is 0.162 e. The number of nitrogens with zero attached hydrogens (tertiary/aromatic N) is 1. The van der Waals surface area contributed by atoms with Crippen molar-refractivity contribution in [3.63, 3.8) is 0 Å².